The van der Waals surface area contributed by atoms with E-state index in [0.29, 0.717) is 16.9 Å². The van der Waals surface area contributed by atoms with Gasteiger partial charge in [-0.05, 0) is 42.9 Å². The molecule has 1 aliphatic rings. The van der Waals surface area contributed by atoms with Gasteiger partial charge in [0.1, 0.15) is 10.6 Å². The maximum atomic E-state index is 12.1. The summed E-state index contributed by atoms with van der Waals surface area (Å²) in [5.74, 6) is 1.41. The highest BCUT2D eigenvalue weighted by Gasteiger charge is 2.23. The minimum Gasteiger partial charge on any atom is -0.383 e. The summed E-state index contributed by atoms with van der Waals surface area (Å²) in [5, 5.41) is 4.45. The number of carbonyl (C=O) groups excluding carboxylic acids is 1. The Hall–Kier alpha value is -2.12. The van der Waals surface area contributed by atoms with Gasteiger partial charge in [0.25, 0.3) is 0 Å². The molecule has 0 spiro atoms. The van der Waals surface area contributed by atoms with Gasteiger partial charge >= 0.3 is 0 Å². The van der Waals surface area contributed by atoms with E-state index in [-0.39, 0.29) is 11.7 Å². The van der Waals surface area contributed by atoms with E-state index in [9.17, 15) is 4.79 Å². The summed E-state index contributed by atoms with van der Waals surface area (Å²) in [7, 11) is 0. The fourth-order valence-electron chi connectivity index (χ4n) is 3.26. The predicted molar refractivity (Wildman–Crippen MR) is 109 cm³/mol. The zero-order valence-electron chi connectivity index (χ0n) is 14.5. The van der Waals surface area contributed by atoms with Crippen LogP contribution in [-0.2, 0) is 17.6 Å². The van der Waals surface area contributed by atoms with E-state index in [1.807, 2.05) is 30.3 Å². The van der Waals surface area contributed by atoms with Gasteiger partial charge in [-0.1, -0.05) is 36.9 Å². The van der Waals surface area contributed by atoms with Gasteiger partial charge in [-0.15, -0.1) is 11.3 Å². The summed E-state index contributed by atoms with van der Waals surface area (Å²) in [6, 6.07) is 9.41. The van der Waals surface area contributed by atoms with E-state index in [1.165, 1.54) is 28.6 Å². The van der Waals surface area contributed by atoms with Crippen molar-refractivity contribution in [2.24, 2.45) is 5.92 Å². The molecule has 5 nitrogen and oxygen atoms in total. The Morgan fingerprint density at radius 3 is 2.96 bits per heavy atom. The van der Waals surface area contributed by atoms with Gasteiger partial charge in [0.15, 0.2) is 5.16 Å². The minimum absolute atomic E-state index is 0.0808. The normalized spacial score (nSPS) is 16.4. The molecule has 26 heavy (non-hydrogen) atoms. The number of nitrogens with two attached hydrogens (primary N) is 1. The number of nitrogens with one attached hydrogen (secondary N) is 1. The lowest BCUT2D eigenvalue weighted by Gasteiger charge is -2.17. The van der Waals surface area contributed by atoms with Crippen LogP contribution in [0.5, 0.6) is 0 Å². The molecule has 2 heterocycles. The highest BCUT2D eigenvalue weighted by atomic mass is 32.2. The van der Waals surface area contributed by atoms with Gasteiger partial charge in [-0.3, -0.25) is 4.79 Å². The molecular formula is C19H20N4OS2. The van der Waals surface area contributed by atoms with Crippen LogP contribution >= 0.6 is 23.1 Å². The molecule has 3 aromatic rings. The Kier molecular flexibility index (Phi) is 4.82. The lowest BCUT2D eigenvalue weighted by Crippen LogP contribution is -2.14. The van der Waals surface area contributed by atoms with E-state index < -0.39 is 0 Å². The monoisotopic (exact) mass is 384 g/mol. The maximum absolute atomic E-state index is 12.1. The van der Waals surface area contributed by atoms with Crippen LogP contribution in [-0.4, -0.2) is 21.6 Å². The Labute approximate surface area is 160 Å². The van der Waals surface area contributed by atoms with Crippen LogP contribution in [0.1, 0.15) is 23.8 Å². The lowest BCUT2D eigenvalue weighted by atomic mass is 9.89. The Balaban J connectivity index is 1.50. The number of anilines is 2. The van der Waals surface area contributed by atoms with Gasteiger partial charge in [-0.2, -0.15) is 0 Å². The van der Waals surface area contributed by atoms with Crippen molar-refractivity contribution in [2.75, 3.05) is 16.8 Å². The number of nitrogens with zero attached hydrogens (tertiary/aromatic N) is 2. The van der Waals surface area contributed by atoms with Crippen molar-refractivity contribution in [3.8, 4) is 0 Å². The first-order valence-corrected chi connectivity index (χ1v) is 10.5. The van der Waals surface area contributed by atoms with Crippen LogP contribution in [0, 0.1) is 5.92 Å². The van der Waals surface area contributed by atoms with Crippen molar-refractivity contribution < 1.29 is 4.79 Å². The Morgan fingerprint density at radius 1 is 1.35 bits per heavy atom. The number of para-hydroxylation sites is 1. The highest BCUT2D eigenvalue weighted by molar-refractivity contribution is 7.99. The third-order valence-corrected chi connectivity index (χ3v) is 6.55. The highest BCUT2D eigenvalue weighted by Crippen LogP contribution is 2.39. The third kappa shape index (κ3) is 3.54. The van der Waals surface area contributed by atoms with Gasteiger partial charge in [0.05, 0.1) is 11.1 Å². The second-order valence-electron chi connectivity index (χ2n) is 6.63. The number of thioether (sulfide) groups is 1. The lowest BCUT2D eigenvalue weighted by molar-refractivity contribution is -0.113. The zero-order chi connectivity index (χ0) is 18.1. The molecule has 1 aliphatic carbocycles. The molecule has 0 fully saturated rings. The number of fused-ring (bicyclic) bond motifs is 3. The number of aryl methyl sites for hydroxylation is 1. The molecule has 1 atom stereocenters. The molecule has 7 heteroatoms. The second kappa shape index (κ2) is 7.25. The van der Waals surface area contributed by atoms with Gasteiger partial charge in [0, 0.05) is 10.6 Å². The molecule has 0 bridgehead atoms. The first-order valence-electron chi connectivity index (χ1n) is 8.65. The summed E-state index contributed by atoms with van der Waals surface area (Å²) < 4.78 is 0. The molecule has 134 valence electrons. The van der Waals surface area contributed by atoms with Crippen LogP contribution in [0.2, 0.25) is 0 Å². The molecule has 0 saturated heterocycles. The molecule has 3 N–H and O–H groups in total. The molecule has 0 saturated carbocycles. The molecule has 1 unspecified atom stereocenters. The Bertz CT molecular complexity index is 955. The number of hydrogen-bond donors (Lipinski definition) is 2. The molecule has 2 aromatic heterocycles. The van der Waals surface area contributed by atoms with Crippen LogP contribution in [0.25, 0.3) is 10.2 Å². The summed E-state index contributed by atoms with van der Waals surface area (Å²) >= 11 is 3.04. The van der Waals surface area contributed by atoms with E-state index >= 15 is 0 Å². The second-order valence-corrected chi connectivity index (χ2v) is 8.65. The number of rotatable bonds is 4. The van der Waals surface area contributed by atoms with Crippen molar-refractivity contribution in [1.82, 2.24) is 9.97 Å². The van der Waals surface area contributed by atoms with Crippen molar-refractivity contribution in [1.29, 1.82) is 0 Å². The first kappa shape index (κ1) is 17.3. The van der Waals surface area contributed by atoms with Crippen molar-refractivity contribution in [3.05, 3.63) is 40.8 Å². The molecular weight excluding hydrogens is 364 g/mol. The first-order chi connectivity index (χ1) is 12.6. The maximum Gasteiger partial charge on any atom is 0.234 e. The van der Waals surface area contributed by atoms with Crippen molar-refractivity contribution in [3.63, 3.8) is 0 Å². The van der Waals surface area contributed by atoms with E-state index in [0.717, 1.165) is 28.7 Å². The SMILES string of the molecule is CC1CCc2c(sc3nc(SCC(=O)Nc4ccccc4)nc(N)c23)C1. The van der Waals surface area contributed by atoms with E-state index in [2.05, 4.69) is 22.2 Å². The predicted octanol–water partition coefficient (Wildman–Crippen LogP) is 4.13. The number of benzene rings is 1. The van der Waals surface area contributed by atoms with Gasteiger partial charge < -0.3 is 11.1 Å². The molecule has 0 aliphatic heterocycles. The largest absolute Gasteiger partial charge is 0.383 e. The van der Waals surface area contributed by atoms with Crippen LogP contribution in [0.15, 0.2) is 35.5 Å². The van der Waals surface area contributed by atoms with Crippen LogP contribution in [0.3, 0.4) is 0 Å². The zero-order valence-corrected chi connectivity index (χ0v) is 16.1. The van der Waals surface area contributed by atoms with Crippen LogP contribution < -0.4 is 11.1 Å². The smallest absolute Gasteiger partial charge is 0.234 e. The topological polar surface area (TPSA) is 80.9 Å². The third-order valence-electron chi connectivity index (χ3n) is 4.55. The number of aromatic nitrogens is 2. The summed E-state index contributed by atoms with van der Waals surface area (Å²) in [5.41, 5.74) is 8.35. The number of amides is 1. The average Bonchev–Trinajstić information content (AvgIpc) is 2.98. The summed E-state index contributed by atoms with van der Waals surface area (Å²) in [4.78, 5) is 23.5. The molecule has 1 aromatic carbocycles. The van der Waals surface area contributed by atoms with E-state index in [4.69, 9.17) is 5.73 Å². The summed E-state index contributed by atoms with van der Waals surface area (Å²) in [6.45, 7) is 2.29. The number of thiophene rings is 1. The van der Waals surface area contributed by atoms with Gasteiger partial charge in [-0.25, -0.2) is 9.97 Å². The number of carbonyl (C=O) groups is 1. The molecule has 0 radical (unpaired) electrons. The molecule has 4 rings (SSSR count). The fraction of sp³-hybridized carbons (Fsp3) is 0.316. The summed E-state index contributed by atoms with van der Waals surface area (Å²) in [6.07, 6.45) is 3.34. The Morgan fingerprint density at radius 2 is 2.15 bits per heavy atom. The van der Waals surface area contributed by atoms with Crippen molar-refractivity contribution >= 4 is 50.7 Å². The molecule has 1 amide bonds. The average molecular weight is 385 g/mol. The minimum atomic E-state index is -0.0808. The quantitative estimate of drug-likeness (QED) is 0.522. The van der Waals surface area contributed by atoms with Crippen molar-refractivity contribution in [2.45, 2.75) is 31.3 Å². The number of hydrogen-bond acceptors (Lipinski definition) is 6. The fourth-order valence-corrected chi connectivity index (χ4v) is 5.36. The van der Waals surface area contributed by atoms with Gasteiger partial charge in [0.2, 0.25) is 5.91 Å². The van der Waals surface area contributed by atoms with Crippen LogP contribution in [0.4, 0.5) is 11.5 Å². The standard InChI is InChI=1S/C19H20N4OS2/c1-11-7-8-13-14(9-11)26-18-16(13)17(20)22-19(23-18)25-10-15(24)21-12-5-3-2-4-6-12/h2-6,11H,7-10H2,1H3,(H,21,24)(H2,20,22,23). The number of nitrogen functional groups attached to an aromatic ring is 1. The van der Waals surface area contributed by atoms with E-state index in [1.54, 1.807) is 11.3 Å².